The molecule has 0 unspecified atom stereocenters. The Bertz CT molecular complexity index is 500. The SMILES string of the molecule is Cc1cccc(CN(C(=O)CSCC(=O)O)C2CC2)c1. The first-order chi connectivity index (χ1) is 9.56. The first-order valence-electron chi connectivity index (χ1n) is 6.71. The van der Waals surface area contributed by atoms with Gasteiger partial charge in [-0.25, -0.2) is 0 Å². The van der Waals surface area contributed by atoms with Gasteiger partial charge in [-0.2, -0.15) is 0 Å². The van der Waals surface area contributed by atoms with E-state index in [1.54, 1.807) is 0 Å². The number of carboxylic acid groups (broad SMARTS) is 1. The summed E-state index contributed by atoms with van der Waals surface area (Å²) in [5.74, 6) is -0.608. The summed E-state index contributed by atoms with van der Waals surface area (Å²) in [6.45, 7) is 2.66. The lowest BCUT2D eigenvalue weighted by Crippen LogP contribution is -2.34. The average Bonchev–Trinajstić information content (AvgIpc) is 3.19. The predicted octanol–water partition coefficient (Wildman–Crippen LogP) is 2.30. The smallest absolute Gasteiger partial charge is 0.313 e. The van der Waals surface area contributed by atoms with Gasteiger partial charge in [0.1, 0.15) is 0 Å². The summed E-state index contributed by atoms with van der Waals surface area (Å²) in [7, 11) is 0. The third-order valence-corrected chi connectivity index (χ3v) is 4.10. The average molecular weight is 293 g/mol. The van der Waals surface area contributed by atoms with E-state index in [2.05, 4.69) is 6.07 Å². The van der Waals surface area contributed by atoms with Gasteiger partial charge in [-0.15, -0.1) is 11.8 Å². The Hall–Kier alpha value is -1.49. The van der Waals surface area contributed by atoms with E-state index >= 15 is 0 Å². The van der Waals surface area contributed by atoms with Crippen LogP contribution in [0.1, 0.15) is 24.0 Å². The van der Waals surface area contributed by atoms with Gasteiger partial charge in [0.25, 0.3) is 0 Å². The molecule has 20 heavy (non-hydrogen) atoms. The number of benzene rings is 1. The molecule has 0 heterocycles. The number of amides is 1. The monoisotopic (exact) mass is 293 g/mol. The lowest BCUT2D eigenvalue weighted by Gasteiger charge is -2.22. The van der Waals surface area contributed by atoms with Crippen molar-refractivity contribution in [2.45, 2.75) is 32.4 Å². The summed E-state index contributed by atoms with van der Waals surface area (Å²) in [5.41, 5.74) is 2.32. The second kappa shape index (κ2) is 6.79. The van der Waals surface area contributed by atoms with E-state index in [9.17, 15) is 9.59 Å². The van der Waals surface area contributed by atoms with Gasteiger partial charge < -0.3 is 10.0 Å². The van der Waals surface area contributed by atoms with E-state index in [0.29, 0.717) is 12.6 Å². The Morgan fingerprint density at radius 2 is 2.10 bits per heavy atom. The van der Waals surface area contributed by atoms with Crippen LogP contribution in [0.5, 0.6) is 0 Å². The maximum atomic E-state index is 12.2. The zero-order valence-electron chi connectivity index (χ0n) is 11.5. The minimum atomic E-state index is -0.876. The van der Waals surface area contributed by atoms with Crippen molar-refractivity contribution in [1.82, 2.24) is 4.90 Å². The number of thioether (sulfide) groups is 1. The van der Waals surface area contributed by atoms with Crippen LogP contribution in [0.2, 0.25) is 0 Å². The molecule has 1 aliphatic rings. The minimum absolute atomic E-state index is 0.0192. The van der Waals surface area contributed by atoms with E-state index < -0.39 is 5.97 Å². The van der Waals surface area contributed by atoms with Gasteiger partial charge in [0.15, 0.2) is 0 Å². The van der Waals surface area contributed by atoms with Crippen LogP contribution < -0.4 is 0 Å². The summed E-state index contributed by atoms with van der Waals surface area (Å²) < 4.78 is 0. The predicted molar refractivity (Wildman–Crippen MR) is 79.7 cm³/mol. The first kappa shape index (κ1) is 14.9. The second-order valence-corrected chi connectivity index (χ2v) is 6.11. The van der Waals surface area contributed by atoms with Crippen molar-refractivity contribution in [3.63, 3.8) is 0 Å². The highest BCUT2D eigenvalue weighted by molar-refractivity contribution is 8.00. The molecule has 1 saturated carbocycles. The van der Waals surface area contributed by atoms with Gasteiger partial charge in [0.2, 0.25) is 5.91 Å². The Morgan fingerprint density at radius 3 is 2.70 bits per heavy atom. The molecule has 0 radical (unpaired) electrons. The van der Waals surface area contributed by atoms with E-state index in [1.165, 1.54) is 17.3 Å². The summed E-state index contributed by atoms with van der Waals surface area (Å²) >= 11 is 1.17. The molecule has 4 nitrogen and oxygen atoms in total. The summed E-state index contributed by atoms with van der Waals surface area (Å²) in [4.78, 5) is 24.6. The van der Waals surface area contributed by atoms with Crippen LogP contribution in [-0.2, 0) is 16.1 Å². The second-order valence-electron chi connectivity index (χ2n) is 5.13. The molecule has 0 aromatic heterocycles. The van der Waals surface area contributed by atoms with E-state index in [0.717, 1.165) is 18.4 Å². The van der Waals surface area contributed by atoms with E-state index in [1.807, 2.05) is 30.0 Å². The Morgan fingerprint density at radius 1 is 1.35 bits per heavy atom. The molecule has 2 rings (SSSR count). The molecule has 0 aliphatic heterocycles. The third kappa shape index (κ3) is 4.56. The van der Waals surface area contributed by atoms with Crippen LogP contribution in [0, 0.1) is 6.92 Å². The fourth-order valence-electron chi connectivity index (χ4n) is 2.12. The van der Waals surface area contributed by atoms with Crippen LogP contribution in [0.15, 0.2) is 24.3 Å². The highest BCUT2D eigenvalue weighted by atomic mass is 32.2. The van der Waals surface area contributed by atoms with Crippen molar-refractivity contribution in [2.75, 3.05) is 11.5 Å². The molecule has 0 atom stereocenters. The summed E-state index contributed by atoms with van der Waals surface area (Å²) in [6.07, 6.45) is 2.11. The van der Waals surface area contributed by atoms with Crippen LogP contribution in [0.3, 0.4) is 0 Å². The molecule has 0 spiro atoms. The number of rotatable bonds is 7. The van der Waals surface area contributed by atoms with Gasteiger partial charge in [0, 0.05) is 12.6 Å². The highest BCUT2D eigenvalue weighted by Crippen LogP contribution is 2.29. The van der Waals surface area contributed by atoms with Crippen molar-refractivity contribution in [3.05, 3.63) is 35.4 Å². The number of carbonyl (C=O) groups is 2. The maximum Gasteiger partial charge on any atom is 0.313 e. The van der Waals surface area contributed by atoms with Crippen molar-refractivity contribution in [3.8, 4) is 0 Å². The molecular weight excluding hydrogens is 274 g/mol. The Balaban J connectivity index is 1.93. The third-order valence-electron chi connectivity index (χ3n) is 3.19. The molecule has 0 bridgehead atoms. The van der Waals surface area contributed by atoms with E-state index in [4.69, 9.17) is 5.11 Å². The molecular formula is C15H19NO3S. The quantitative estimate of drug-likeness (QED) is 0.838. The Kier molecular flexibility index (Phi) is 5.06. The zero-order valence-corrected chi connectivity index (χ0v) is 12.4. The van der Waals surface area contributed by atoms with Crippen LogP contribution in [-0.4, -0.2) is 39.4 Å². The Labute approximate surface area is 123 Å². The van der Waals surface area contributed by atoms with Crippen molar-refractivity contribution >= 4 is 23.6 Å². The summed E-state index contributed by atoms with van der Waals surface area (Å²) in [5, 5.41) is 8.61. The van der Waals surface area contributed by atoms with Crippen molar-refractivity contribution in [2.24, 2.45) is 0 Å². The minimum Gasteiger partial charge on any atom is -0.481 e. The molecule has 1 N–H and O–H groups in total. The number of nitrogens with zero attached hydrogens (tertiary/aromatic N) is 1. The molecule has 1 aliphatic carbocycles. The van der Waals surface area contributed by atoms with Crippen LogP contribution >= 0.6 is 11.8 Å². The number of carboxylic acids is 1. The molecule has 1 fully saturated rings. The number of carbonyl (C=O) groups excluding carboxylic acids is 1. The highest BCUT2D eigenvalue weighted by Gasteiger charge is 2.32. The maximum absolute atomic E-state index is 12.2. The van der Waals surface area contributed by atoms with Gasteiger partial charge in [-0.3, -0.25) is 9.59 Å². The summed E-state index contributed by atoms with van der Waals surface area (Å²) in [6, 6.07) is 8.50. The van der Waals surface area contributed by atoms with Crippen LogP contribution in [0.25, 0.3) is 0 Å². The van der Waals surface area contributed by atoms with Gasteiger partial charge in [-0.1, -0.05) is 29.8 Å². The topological polar surface area (TPSA) is 57.6 Å². The fourth-order valence-corrected chi connectivity index (χ4v) is 2.74. The molecule has 0 saturated heterocycles. The molecule has 1 aromatic rings. The fraction of sp³-hybridized carbons (Fsp3) is 0.467. The standard InChI is InChI=1S/C15H19NO3S/c1-11-3-2-4-12(7-11)8-16(13-5-6-13)14(17)9-20-10-15(18)19/h2-4,7,13H,5-6,8-10H2,1H3,(H,18,19). The lowest BCUT2D eigenvalue weighted by molar-refractivity contribution is -0.133. The molecule has 5 heteroatoms. The number of hydrogen-bond donors (Lipinski definition) is 1. The first-order valence-corrected chi connectivity index (χ1v) is 7.86. The number of hydrogen-bond acceptors (Lipinski definition) is 3. The van der Waals surface area contributed by atoms with Gasteiger partial charge in [0.05, 0.1) is 11.5 Å². The van der Waals surface area contributed by atoms with Gasteiger partial charge >= 0.3 is 5.97 Å². The molecule has 108 valence electrons. The van der Waals surface area contributed by atoms with Crippen LogP contribution in [0.4, 0.5) is 0 Å². The number of aryl methyl sites for hydroxylation is 1. The van der Waals surface area contributed by atoms with E-state index in [-0.39, 0.29) is 17.4 Å². The largest absolute Gasteiger partial charge is 0.481 e. The zero-order chi connectivity index (χ0) is 14.5. The van der Waals surface area contributed by atoms with Crippen molar-refractivity contribution in [1.29, 1.82) is 0 Å². The van der Waals surface area contributed by atoms with Gasteiger partial charge in [-0.05, 0) is 25.3 Å². The lowest BCUT2D eigenvalue weighted by atomic mass is 10.1. The van der Waals surface area contributed by atoms with Crippen molar-refractivity contribution < 1.29 is 14.7 Å². The number of aliphatic carboxylic acids is 1. The molecule has 1 aromatic carbocycles. The normalized spacial score (nSPS) is 14.1. The molecule has 1 amide bonds.